The lowest BCUT2D eigenvalue weighted by molar-refractivity contribution is 0.0270. The molecule has 0 unspecified atom stereocenters. The van der Waals surface area contributed by atoms with Crippen LogP contribution in [-0.4, -0.2) is 38.1 Å². The standard InChI is InChI=1S/C25H32N2O4S/c1-17(2)18-6-12-22(13-7-18)32(29,30)26-21-10-8-19(9-11-21)25-14-20(25)15-27(16-25)23(28)31-24(3,4)5/h6-13,17,20,26H,14-16H2,1-5H3/t20-,25+/m1/s1. The Labute approximate surface area is 191 Å². The number of piperidine rings is 1. The molecule has 2 atom stereocenters. The van der Waals surface area contributed by atoms with Crippen LogP contribution in [0.3, 0.4) is 0 Å². The number of amides is 1. The molecule has 1 amide bonds. The molecular formula is C25H32N2O4S. The minimum absolute atomic E-state index is 0.0407. The van der Waals surface area contributed by atoms with Gasteiger partial charge in [0.1, 0.15) is 5.60 Å². The molecule has 1 N–H and O–H groups in total. The number of likely N-dealkylation sites (tertiary alicyclic amines) is 1. The predicted octanol–water partition coefficient (Wildman–Crippen LogP) is 5.12. The van der Waals surface area contributed by atoms with E-state index in [1.165, 1.54) is 0 Å². The number of nitrogens with zero attached hydrogens (tertiary/aromatic N) is 1. The van der Waals surface area contributed by atoms with Crippen LogP contribution in [0.5, 0.6) is 0 Å². The van der Waals surface area contributed by atoms with Gasteiger partial charge in [-0.2, -0.15) is 0 Å². The number of ether oxygens (including phenoxy) is 1. The lowest BCUT2D eigenvalue weighted by Gasteiger charge is -2.26. The Hall–Kier alpha value is -2.54. The fraction of sp³-hybridized carbons (Fsp3) is 0.480. The average molecular weight is 457 g/mol. The maximum Gasteiger partial charge on any atom is 0.410 e. The van der Waals surface area contributed by atoms with Gasteiger partial charge in [-0.25, -0.2) is 13.2 Å². The first-order chi connectivity index (χ1) is 14.9. The highest BCUT2D eigenvalue weighted by Gasteiger charge is 2.62. The largest absolute Gasteiger partial charge is 0.444 e. The molecule has 4 rings (SSSR count). The lowest BCUT2D eigenvalue weighted by atomic mass is 9.95. The summed E-state index contributed by atoms with van der Waals surface area (Å²) in [6.07, 6.45) is 0.775. The Morgan fingerprint density at radius 2 is 1.72 bits per heavy atom. The minimum Gasteiger partial charge on any atom is -0.444 e. The summed E-state index contributed by atoms with van der Waals surface area (Å²) < 4.78 is 33.7. The number of benzene rings is 2. The molecule has 2 aromatic rings. The van der Waals surface area contributed by atoms with E-state index >= 15 is 0 Å². The van der Waals surface area contributed by atoms with E-state index in [1.54, 1.807) is 29.2 Å². The zero-order chi connectivity index (χ0) is 23.3. The van der Waals surface area contributed by atoms with Gasteiger partial charge in [0, 0.05) is 24.2 Å². The van der Waals surface area contributed by atoms with Crippen LogP contribution in [-0.2, 0) is 20.2 Å². The molecule has 7 heteroatoms. The van der Waals surface area contributed by atoms with Crippen molar-refractivity contribution < 1.29 is 17.9 Å². The number of anilines is 1. The molecule has 1 aliphatic heterocycles. The molecule has 2 aromatic carbocycles. The van der Waals surface area contributed by atoms with Gasteiger partial charge in [0.05, 0.1) is 4.90 Å². The van der Waals surface area contributed by atoms with Gasteiger partial charge >= 0.3 is 6.09 Å². The molecule has 32 heavy (non-hydrogen) atoms. The molecular weight excluding hydrogens is 424 g/mol. The van der Waals surface area contributed by atoms with Gasteiger partial charge in [0.2, 0.25) is 0 Å². The maximum atomic E-state index is 12.8. The Morgan fingerprint density at radius 1 is 1.09 bits per heavy atom. The third kappa shape index (κ3) is 4.49. The van der Waals surface area contributed by atoms with Crippen LogP contribution in [0, 0.1) is 5.92 Å². The van der Waals surface area contributed by atoms with Crippen LogP contribution >= 0.6 is 0 Å². The van der Waals surface area contributed by atoms with Crippen molar-refractivity contribution in [3.8, 4) is 0 Å². The second-order valence-corrected chi connectivity index (χ2v) is 12.0. The topological polar surface area (TPSA) is 75.7 Å². The molecule has 1 saturated heterocycles. The number of nitrogens with one attached hydrogen (secondary N) is 1. The van der Waals surface area contributed by atoms with E-state index in [0.717, 1.165) is 17.5 Å². The summed E-state index contributed by atoms with van der Waals surface area (Å²) >= 11 is 0. The van der Waals surface area contributed by atoms with E-state index in [-0.39, 0.29) is 16.4 Å². The second-order valence-electron chi connectivity index (χ2n) is 10.3. The fourth-order valence-electron chi connectivity index (χ4n) is 4.51. The Kier molecular flexibility index (Phi) is 5.52. The zero-order valence-corrected chi connectivity index (χ0v) is 20.2. The summed E-state index contributed by atoms with van der Waals surface area (Å²) in [6.45, 7) is 11.1. The first-order valence-corrected chi connectivity index (χ1v) is 12.6. The Bertz CT molecular complexity index is 1100. The van der Waals surface area contributed by atoms with Crippen molar-refractivity contribution in [2.24, 2.45) is 5.92 Å². The minimum atomic E-state index is -3.65. The number of hydrogen-bond donors (Lipinski definition) is 1. The monoisotopic (exact) mass is 456 g/mol. The van der Waals surface area contributed by atoms with Gasteiger partial charge in [-0.3, -0.25) is 4.72 Å². The highest BCUT2D eigenvalue weighted by Crippen LogP contribution is 2.59. The summed E-state index contributed by atoms with van der Waals surface area (Å²) in [6, 6.07) is 14.5. The molecule has 172 valence electrons. The number of rotatable bonds is 5. The quantitative estimate of drug-likeness (QED) is 0.678. The summed E-state index contributed by atoms with van der Waals surface area (Å²) in [7, 11) is -3.65. The molecule has 6 nitrogen and oxygen atoms in total. The van der Waals surface area contributed by atoms with Gasteiger partial charge in [-0.1, -0.05) is 38.1 Å². The van der Waals surface area contributed by atoms with Crippen molar-refractivity contribution in [3.63, 3.8) is 0 Å². The smallest absolute Gasteiger partial charge is 0.410 e. The molecule has 1 saturated carbocycles. The summed E-state index contributed by atoms with van der Waals surface area (Å²) in [5, 5.41) is 0. The van der Waals surface area contributed by atoms with Crippen molar-refractivity contribution in [2.75, 3.05) is 17.8 Å². The lowest BCUT2D eigenvalue weighted by Crippen LogP contribution is -2.37. The highest BCUT2D eigenvalue weighted by atomic mass is 32.2. The summed E-state index contributed by atoms with van der Waals surface area (Å²) in [5.74, 6) is 0.775. The van der Waals surface area contributed by atoms with Crippen LogP contribution in [0.4, 0.5) is 10.5 Å². The van der Waals surface area contributed by atoms with Crippen LogP contribution in [0.1, 0.15) is 58.1 Å². The molecule has 1 heterocycles. The molecule has 0 aromatic heterocycles. The van der Waals surface area contributed by atoms with Crippen LogP contribution in [0.25, 0.3) is 0 Å². The second kappa shape index (κ2) is 7.80. The van der Waals surface area contributed by atoms with Gasteiger partial charge in [0.15, 0.2) is 0 Å². The molecule has 0 radical (unpaired) electrons. The SMILES string of the molecule is CC(C)c1ccc(S(=O)(=O)Nc2ccc([C@@]34C[C@@H]3CN(C(=O)OC(C)(C)C)C4)cc2)cc1. The van der Waals surface area contributed by atoms with Crippen LogP contribution in [0.2, 0.25) is 0 Å². The van der Waals surface area contributed by atoms with Crippen LogP contribution < -0.4 is 4.72 Å². The zero-order valence-electron chi connectivity index (χ0n) is 19.4. The normalized spacial score (nSPS) is 22.6. The van der Waals surface area contributed by atoms with Crippen molar-refractivity contribution in [3.05, 3.63) is 59.7 Å². The summed E-state index contributed by atoms with van der Waals surface area (Å²) in [4.78, 5) is 14.5. The fourth-order valence-corrected chi connectivity index (χ4v) is 5.57. The molecule has 0 bridgehead atoms. The third-order valence-corrected chi connectivity index (χ3v) is 7.76. The highest BCUT2D eigenvalue weighted by molar-refractivity contribution is 7.92. The van der Waals surface area contributed by atoms with Gasteiger partial charge < -0.3 is 9.64 Å². The van der Waals surface area contributed by atoms with Crippen molar-refractivity contribution >= 4 is 21.8 Å². The van der Waals surface area contributed by atoms with Crippen molar-refractivity contribution in [2.45, 2.75) is 62.9 Å². The van der Waals surface area contributed by atoms with E-state index < -0.39 is 15.6 Å². The van der Waals surface area contributed by atoms with Gasteiger partial charge in [-0.15, -0.1) is 0 Å². The number of carbonyl (C=O) groups is 1. The Morgan fingerprint density at radius 3 is 2.28 bits per heavy atom. The van der Waals surface area contributed by atoms with Crippen molar-refractivity contribution in [1.29, 1.82) is 0 Å². The van der Waals surface area contributed by atoms with E-state index in [1.807, 2.05) is 45.0 Å². The van der Waals surface area contributed by atoms with Crippen LogP contribution in [0.15, 0.2) is 53.4 Å². The molecule has 1 aliphatic carbocycles. The number of hydrogen-bond acceptors (Lipinski definition) is 4. The predicted molar refractivity (Wildman–Crippen MR) is 125 cm³/mol. The molecule has 2 fully saturated rings. The van der Waals surface area contributed by atoms with E-state index in [2.05, 4.69) is 18.6 Å². The first kappa shape index (κ1) is 22.6. The maximum absolute atomic E-state index is 12.8. The van der Waals surface area contributed by atoms with Gasteiger partial charge in [-0.05, 0) is 74.4 Å². The first-order valence-electron chi connectivity index (χ1n) is 11.1. The molecule has 0 spiro atoms. The number of fused-ring (bicyclic) bond motifs is 1. The number of carbonyl (C=O) groups excluding carboxylic acids is 1. The van der Waals surface area contributed by atoms with E-state index in [4.69, 9.17) is 4.74 Å². The summed E-state index contributed by atoms with van der Waals surface area (Å²) in [5.41, 5.74) is 2.21. The third-order valence-electron chi connectivity index (χ3n) is 6.37. The average Bonchev–Trinajstić information content (AvgIpc) is 3.27. The number of sulfonamides is 1. The van der Waals surface area contributed by atoms with Crippen molar-refractivity contribution in [1.82, 2.24) is 4.90 Å². The van der Waals surface area contributed by atoms with E-state index in [9.17, 15) is 13.2 Å². The Balaban J connectivity index is 1.43. The van der Waals surface area contributed by atoms with Gasteiger partial charge in [0.25, 0.3) is 10.0 Å². The molecule has 2 aliphatic rings. The van der Waals surface area contributed by atoms with E-state index in [0.29, 0.717) is 30.6 Å².